The van der Waals surface area contributed by atoms with Crippen LogP contribution in [0.25, 0.3) is 0 Å². The number of nitrogens with zero attached hydrogens (tertiary/aromatic N) is 1. The highest BCUT2D eigenvalue weighted by Gasteiger charge is 2.37. The first-order valence-electron chi connectivity index (χ1n) is 6.35. The molecule has 2 unspecified atom stereocenters. The molecule has 0 aliphatic carbocycles. The van der Waals surface area contributed by atoms with Crippen LogP contribution in [-0.2, 0) is 9.59 Å². The van der Waals surface area contributed by atoms with Crippen molar-refractivity contribution in [3.05, 3.63) is 33.8 Å². The van der Waals surface area contributed by atoms with Crippen LogP contribution in [0.4, 0.5) is 0 Å². The first-order chi connectivity index (χ1) is 9.41. The van der Waals surface area contributed by atoms with Crippen LogP contribution in [-0.4, -0.2) is 28.9 Å². The molecule has 0 bridgehead atoms. The number of carboxylic acids is 1. The number of carbonyl (C=O) groups excluding carboxylic acids is 1. The molecule has 4 nitrogen and oxygen atoms in total. The monoisotopic (exact) mass is 315 g/mol. The predicted molar refractivity (Wildman–Crippen MR) is 76.9 cm³/mol. The van der Waals surface area contributed by atoms with Gasteiger partial charge in [-0.1, -0.05) is 23.2 Å². The number of rotatable bonds is 2. The summed E-state index contributed by atoms with van der Waals surface area (Å²) in [6, 6.07) is 4.32. The zero-order valence-corrected chi connectivity index (χ0v) is 12.5. The number of aliphatic carboxylic acids is 1. The van der Waals surface area contributed by atoms with Crippen LogP contribution in [0, 0.1) is 5.92 Å². The SMILES string of the molecule is CN1C(=O)CCCC(C(=O)O)C1c1cc(Cl)ccc1Cl. The van der Waals surface area contributed by atoms with E-state index in [4.69, 9.17) is 23.2 Å². The quantitative estimate of drug-likeness (QED) is 0.910. The van der Waals surface area contributed by atoms with Gasteiger partial charge in [0.2, 0.25) is 5.91 Å². The van der Waals surface area contributed by atoms with E-state index in [1.807, 2.05) is 0 Å². The fraction of sp³-hybridized carbons (Fsp3) is 0.429. The van der Waals surface area contributed by atoms with Crippen molar-refractivity contribution in [3.63, 3.8) is 0 Å². The third kappa shape index (κ3) is 2.91. The summed E-state index contributed by atoms with van der Waals surface area (Å²) in [6.45, 7) is 0. The highest BCUT2D eigenvalue weighted by molar-refractivity contribution is 6.33. The Balaban J connectivity index is 2.52. The van der Waals surface area contributed by atoms with Crippen LogP contribution in [0.3, 0.4) is 0 Å². The van der Waals surface area contributed by atoms with Crippen LogP contribution in [0.15, 0.2) is 18.2 Å². The van der Waals surface area contributed by atoms with E-state index in [1.165, 1.54) is 4.90 Å². The van der Waals surface area contributed by atoms with Crippen molar-refractivity contribution in [2.45, 2.75) is 25.3 Å². The Morgan fingerprint density at radius 2 is 2.10 bits per heavy atom. The first kappa shape index (κ1) is 15.1. The Morgan fingerprint density at radius 1 is 1.40 bits per heavy atom. The molecule has 2 atom stereocenters. The maximum absolute atomic E-state index is 12.0. The molecule has 108 valence electrons. The maximum Gasteiger partial charge on any atom is 0.308 e. The average Bonchev–Trinajstić information content (AvgIpc) is 2.53. The zero-order valence-electron chi connectivity index (χ0n) is 11.0. The van der Waals surface area contributed by atoms with Crippen molar-refractivity contribution < 1.29 is 14.7 Å². The molecule has 0 radical (unpaired) electrons. The number of likely N-dealkylation sites (tertiary alicyclic amines) is 1. The molecule has 1 aromatic carbocycles. The van der Waals surface area contributed by atoms with E-state index in [9.17, 15) is 14.7 Å². The number of amides is 1. The minimum absolute atomic E-state index is 0.0743. The van der Waals surface area contributed by atoms with Gasteiger partial charge in [0.05, 0.1) is 12.0 Å². The second kappa shape index (κ2) is 6.02. The predicted octanol–water partition coefficient (Wildman–Crippen LogP) is 3.38. The average molecular weight is 316 g/mol. The molecule has 20 heavy (non-hydrogen) atoms. The van der Waals surface area contributed by atoms with Crippen molar-refractivity contribution in [3.8, 4) is 0 Å². The first-order valence-corrected chi connectivity index (χ1v) is 7.11. The van der Waals surface area contributed by atoms with Crippen molar-refractivity contribution in [1.82, 2.24) is 4.90 Å². The molecule has 1 aromatic rings. The van der Waals surface area contributed by atoms with Crippen LogP contribution < -0.4 is 0 Å². The Bertz CT molecular complexity index is 547. The molecular formula is C14H15Cl2NO3. The topological polar surface area (TPSA) is 57.6 Å². The summed E-state index contributed by atoms with van der Waals surface area (Å²) in [6.07, 6.45) is 1.36. The number of carbonyl (C=O) groups is 2. The van der Waals surface area contributed by atoms with E-state index >= 15 is 0 Å². The van der Waals surface area contributed by atoms with Gasteiger partial charge in [0.25, 0.3) is 0 Å². The van der Waals surface area contributed by atoms with E-state index < -0.39 is 17.9 Å². The lowest BCUT2D eigenvalue weighted by atomic mass is 9.89. The summed E-state index contributed by atoms with van der Waals surface area (Å²) in [5.74, 6) is -1.68. The molecule has 1 N–H and O–H groups in total. The summed E-state index contributed by atoms with van der Waals surface area (Å²) in [7, 11) is 1.62. The largest absolute Gasteiger partial charge is 0.481 e. The van der Waals surface area contributed by atoms with Gasteiger partial charge in [-0.2, -0.15) is 0 Å². The van der Waals surface area contributed by atoms with Gasteiger partial charge in [-0.25, -0.2) is 0 Å². The third-order valence-corrected chi connectivity index (χ3v) is 4.27. The Kier molecular flexibility index (Phi) is 4.55. The number of carboxylic acid groups (broad SMARTS) is 1. The smallest absolute Gasteiger partial charge is 0.308 e. The highest BCUT2D eigenvalue weighted by atomic mass is 35.5. The van der Waals surface area contributed by atoms with Gasteiger partial charge in [-0.15, -0.1) is 0 Å². The Labute approximate surface area is 127 Å². The van der Waals surface area contributed by atoms with Crippen LogP contribution in [0.2, 0.25) is 10.0 Å². The molecule has 0 saturated carbocycles. The summed E-state index contributed by atoms with van der Waals surface area (Å²) in [5.41, 5.74) is 0.587. The van der Waals surface area contributed by atoms with Gasteiger partial charge < -0.3 is 10.0 Å². The molecule has 1 amide bonds. The van der Waals surface area contributed by atoms with E-state index in [2.05, 4.69) is 0 Å². The molecule has 6 heteroatoms. The van der Waals surface area contributed by atoms with Gasteiger partial charge in [-0.3, -0.25) is 9.59 Å². The molecule has 1 heterocycles. The number of halogens is 2. The molecule has 1 saturated heterocycles. The van der Waals surface area contributed by atoms with E-state index in [-0.39, 0.29) is 5.91 Å². The van der Waals surface area contributed by atoms with Crippen molar-refractivity contribution in [2.24, 2.45) is 5.92 Å². The number of hydrogen-bond donors (Lipinski definition) is 1. The molecule has 0 aromatic heterocycles. The van der Waals surface area contributed by atoms with Gasteiger partial charge in [0, 0.05) is 23.5 Å². The molecule has 1 aliphatic heterocycles. The normalized spacial score (nSPS) is 23.6. The van der Waals surface area contributed by atoms with Crippen molar-refractivity contribution in [1.29, 1.82) is 0 Å². The molecule has 0 spiro atoms. The third-order valence-electron chi connectivity index (χ3n) is 3.69. The zero-order chi connectivity index (χ0) is 14.9. The fourth-order valence-electron chi connectivity index (χ4n) is 2.66. The summed E-state index contributed by atoms with van der Waals surface area (Å²) in [5, 5.41) is 10.3. The molecule has 2 rings (SSSR count). The molecule has 1 aliphatic rings. The Hall–Kier alpha value is -1.26. The summed E-state index contributed by atoms with van der Waals surface area (Å²) < 4.78 is 0. The standard InChI is InChI=1S/C14H15Cl2NO3/c1-17-12(18)4-2-3-9(14(19)20)13(17)10-7-8(15)5-6-11(10)16/h5-7,9,13H,2-4H2,1H3,(H,19,20). The minimum Gasteiger partial charge on any atom is -0.481 e. The van der Waals surface area contributed by atoms with E-state index in [1.54, 1.807) is 25.2 Å². The van der Waals surface area contributed by atoms with Crippen molar-refractivity contribution in [2.75, 3.05) is 7.05 Å². The van der Waals surface area contributed by atoms with Gasteiger partial charge in [0.15, 0.2) is 0 Å². The lowest BCUT2D eigenvalue weighted by Crippen LogP contribution is -2.36. The summed E-state index contributed by atoms with van der Waals surface area (Å²) >= 11 is 12.2. The number of benzene rings is 1. The Morgan fingerprint density at radius 3 is 2.75 bits per heavy atom. The minimum atomic E-state index is -0.924. The lowest BCUT2D eigenvalue weighted by Gasteiger charge is -2.31. The fourth-order valence-corrected chi connectivity index (χ4v) is 3.07. The van der Waals surface area contributed by atoms with Crippen molar-refractivity contribution >= 4 is 35.1 Å². The van der Waals surface area contributed by atoms with Crippen LogP contribution >= 0.6 is 23.2 Å². The molecule has 1 fully saturated rings. The van der Waals surface area contributed by atoms with Gasteiger partial charge in [0.1, 0.15) is 0 Å². The van der Waals surface area contributed by atoms with E-state index in [0.29, 0.717) is 34.9 Å². The summed E-state index contributed by atoms with van der Waals surface area (Å²) in [4.78, 5) is 25.0. The lowest BCUT2D eigenvalue weighted by molar-refractivity contribution is -0.145. The maximum atomic E-state index is 12.0. The van der Waals surface area contributed by atoms with Gasteiger partial charge >= 0.3 is 5.97 Å². The highest BCUT2D eigenvalue weighted by Crippen LogP contribution is 2.39. The molecular weight excluding hydrogens is 301 g/mol. The van der Waals surface area contributed by atoms with Crippen LogP contribution in [0.1, 0.15) is 30.9 Å². The van der Waals surface area contributed by atoms with Gasteiger partial charge in [-0.05, 0) is 36.6 Å². The number of hydrogen-bond acceptors (Lipinski definition) is 2. The second-order valence-corrected chi connectivity index (χ2v) is 5.80. The second-order valence-electron chi connectivity index (χ2n) is 4.95. The van der Waals surface area contributed by atoms with Crippen LogP contribution in [0.5, 0.6) is 0 Å². The van der Waals surface area contributed by atoms with E-state index in [0.717, 1.165) is 0 Å².